The van der Waals surface area contributed by atoms with Crippen molar-refractivity contribution in [2.45, 2.75) is 44.7 Å². The highest BCUT2D eigenvalue weighted by Crippen LogP contribution is 2.23. The van der Waals surface area contributed by atoms with Crippen molar-refractivity contribution in [1.82, 2.24) is 5.32 Å². The molecule has 1 saturated carbocycles. The lowest BCUT2D eigenvalue weighted by Crippen LogP contribution is -2.35. The Hall–Kier alpha value is -1.36. The predicted molar refractivity (Wildman–Crippen MR) is 59.8 cm³/mol. The molecule has 0 aliphatic heterocycles. The number of carboxylic acid groups (broad SMARTS) is 1. The van der Waals surface area contributed by atoms with Gasteiger partial charge in [-0.1, -0.05) is 11.6 Å². The first-order valence-electron chi connectivity index (χ1n) is 5.44. The quantitative estimate of drug-likeness (QED) is 0.607. The van der Waals surface area contributed by atoms with Gasteiger partial charge in [-0.25, -0.2) is 0 Å². The van der Waals surface area contributed by atoms with Crippen LogP contribution >= 0.6 is 0 Å². The molecule has 1 rings (SSSR count). The zero-order chi connectivity index (χ0) is 12.1. The fourth-order valence-corrected chi connectivity index (χ4v) is 1.91. The zero-order valence-corrected chi connectivity index (χ0v) is 9.40. The van der Waals surface area contributed by atoms with Gasteiger partial charge in [-0.15, -0.1) is 0 Å². The fourth-order valence-electron chi connectivity index (χ4n) is 1.91. The standard InChI is InChI=1S/C11H18N2O3/c1-7(14)13-9-4-2-8(3-5-9)6-10(12)11(15)16/h6,9-10H,2-5,12H2,1H3,(H,13,14)(H,15,16). The second kappa shape index (κ2) is 5.65. The normalized spacial score (nSPS) is 22.4. The van der Waals surface area contributed by atoms with Crippen LogP contribution in [0.1, 0.15) is 32.6 Å². The second-order valence-electron chi connectivity index (χ2n) is 4.16. The number of nitrogens with two attached hydrogens (primary N) is 1. The Labute approximate surface area is 94.7 Å². The molecule has 0 aromatic heterocycles. The van der Waals surface area contributed by atoms with Crippen LogP contribution in [0.15, 0.2) is 11.6 Å². The maximum absolute atomic E-state index is 10.8. The topological polar surface area (TPSA) is 92.4 Å². The van der Waals surface area contributed by atoms with E-state index < -0.39 is 12.0 Å². The molecule has 1 aliphatic carbocycles. The van der Waals surface area contributed by atoms with Crippen LogP contribution in [0.2, 0.25) is 0 Å². The molecule has 0 saturated heterocycles. The maximum atomic E-state index is 10.8. The summed E-state index contributed by atoms with van der Waals surface area (Å²) in [7, 11) is 0. The minimum absolute atomic E-state index is 0.0142. The first-order valence-corrected chi connectivity index (χ1v) is 5.44. The largest absolute Gasteiger partial charge is 0.480 e. The molecule has 5 heteroatoms. The molecule has 0 spiro atoms. The summed E-state index contributed by atoms with van der Waals surface area (Å²) >= 11 is 0. The van der Waals surface area contributed by atoms with E-state index in [9.17, 15) is 9.59 Å². The highest BCUT2D eigenvalue weighted by atomic mass is 16.4. The van der Waals surface area contributed by atoms with E-state index in [4.69, 9.17) is 10.8 Å². The van der Waals surface area contributed by atoms with Crippen molar-refractivity contribution < 1.29 is 14.7 Å². The summed E-state index contributed by atoms with van der Waals surface area (Å²) in [5.41, 5.74) is 6.50. The Bertz CT molecular complexity index is 302. The van der Waals surface area contributed by atoms with E-state index >= 15 is 0 Å². The third kappa shape index (κ3) is 4.02. The summed E-state index contributed by atoms with van der Waals surface area (Å²) in [6.07, 6.45) is 4.96. The van der Waals surface area contributed by atoms with Crippen molar-refractivity contribution in [2.24, 2.45) is 5.73 Å². The van der Waals surface area contributed by atoms with E-state index in [0.29, 0.717) is 0 Å². The summed E-state index contributed by atoms with van der Waals surface area (Å²) < 4.78 is 0. The van der Waals surface area contributed by atoms with Crippen LogP contribution in [0.3, 0.4) is 0 Å². The lowest BCUT2D eigenvalue weighted by Gasteiger charge is -2.24. The molecule has 1 amide bonds. The molecule has 0 radical (unpaired) electrons. The number of allylic oxidation sites excluding steroid dienone is 1. The summed E-state index contributed by atoms with van der Waals surface area (Å²) in [6, 6.07) is -0.692. The molecule has 0 bridgehead atoms. The number of hydrogen-bond acceptors (Lipinski definition) is 3. The number of hydrogen-bond donors (Lipinski definition) is 3. The van der Waals surface area contributed by atoms with Crippen molar-refractivity contribution in [3.05, 3.63) is 11.6 Å². The second-order valence-corrected chi connectivity index (χ2v) is 4.16. The smallest absolute Gasteiger partial charge is 0.324 e. The lowest BCUT2D eigenvalue weighted by molar-refractivity contribution is -0.137. The van der Waals surface area contributed by atoms with Gasteiger partial charge in [0.15, 0.2) is 0 Å². The molecule has 0 aromatic carbocycles. The number of aliphatic carboxylic acids is 1. The molecular formula is C11H18N2O3. The van der Waals surface area contributed by atoms with Gasteiger partial charge in [-0.05, 0) is 25.7 Å². The monoisotopic (exact) mass is 226 g/mol. The molecular weight excluding hydrogens is 208 g/mol. The number of nitrogens with one attached hydrogen (secondary N) is 1. The van der Waals surface area contributed by atoms with E-state index in [0.717, 1.165) is 31.3 Å². The number of carboxylic acids is 1. The van der Waals surface area contributed by atoms with Crippen LogP contribution in [0.4, 0.5) is 0 Å². The summed E-state index contributed by atoms with van der Waals surface area (Å²) in [5.74, 6) is -1.02. The fraction of sp³-hybridized carbons (Fsp3) is 0.636. The van der Waals surface area contributed by atoms with Gasteiger partial charge in [0.1, 0.15) is 6.04 Å². The summed E-state index contributed by atoms with van der Waals surface area (Å²) in [4.78, 5) is 21.4. The SMILES string of the molecule is CC(=O)NC1CCC(=CC(N)C(=O)O)CC1. The van der Waals surface area contributed by atoms with Crippen LogP contribution in [-0.4, -0.2) is 29.1 Å². The number of carbonyl (C=O) groups excluding carboxylic acids is 1. The van der Waals surface area contributed by atoms with Crippen LogP contribution in [0, 0.1) is 0 Å². The molecule has 5 nitrogen and oxygen atoms in total. The molecule has 1 unspecified atom stereocenters. The van der Waals surface area contributed by atoms with Gasteiger partial charge in [0.05, 0.1) is 0 Å². The van der Waals surface area contributed by atoms with Crippen LogP contribution in [-0.2, 0) is 9.59 Å². The zero-order valence-electron chi connectivity index (χ0n) is 9.40. The van der Waals surface area contributed by atoms with Gasteiger partial charge >= 0.3 is 5.97 Å². The van der Waals surface area contributed by atoms with E-state index in [2.05, 4.69) is 5.32 Å². The van der Waals surface area contributed by atoms with Crippen molar-refractivity contribution >= 4 is 11.9 Å². The molecule has 4 N–H and O–H groups in total. The van der Waals surface area contributed by atoms with E-state index in [1.54, 1.807) is 6.08 Å². The highest BCUT2D eigenvalue weighted by Gasteiger charge is 2.18. The molecule has 0 heterocycles. The average Bonchev–Trinajstić information content (AvgIpc) is 2.20. The Morgan fingerprint density at radius 3 is 2.50 bits per heavy atom. The van der Waals surface area contributed by atoms with Crippen LogP contribution < -0.4 is 11.1 Å². The molecule has 0 aromatic rings. The first kappa shape index (κ1) is 12.7. The predicted octanol–water partition coefficient (Wildman–Crippen LogP) is 0.403. The highest BCUT2D eigenvalue weighted by molar-refractivity contribution is 5.75. The number of amides is 1. The third-order valence-electron chi connectivity index (χ3n) is 2.74. The van der Waals surface area contributed by atoms with E-state index in [1.807, 2.05) is 0 Å². The van der Waals surface area contributed by atoms with Gasteiger partial charge in [0.2, 0.25) is 5.91 Å². The van der Waals surface area contributed by atoms with Crippen molar-refractivity contribution in [2.75, 3.05) is 0 Å². The Kier molecular flexibility index (Phi) is 4.49. The maximum Gasteiger partial charge on any atom is 0.324 e. The van der Waals surface area contributed by atoms with Crippen molar-refractivity contribution in [1.29, 1.82) is 0 Å². The van der Waals surface area contributed by atoms with Gasteiger partial charge < -0.3 is 16.2 Å². The molecule has 1 atom stereocenters. The van der Waals surface area contributed by atoms with E-state index in [-0.39, 0.29) is 11.9 Å². The van der Waals surface area contributed by atoms with E-state index in [1.165, 1.54) is 6.92 Å². The Morgan fingerprint density at radius 2 is 2.06 bits per heavy atom. The minimum Gasteiger partial charge on any atom is -0.480 e. The van der Waals surface area contributed by atoms with Gasteiger partial charge in [-0.3, -0.25) is 9.59 Å². The van der Waals surface area contributed by atoms with Crippen LogP contribution in [0.25, 0.3) is 0 Å². The molecule has 1 fully saturated rings. The van der Waals surface area contributed by atoms with Gasteiger partial charge in [-0.2, -0.15) is 0 Å². The summed E-state index contributed by atoms with van der Waals surface area (Å²) in [5, 5.41) is 11.5. The lowest BCUT2D eigenvalue weighted by atomic mass is 9.89. The van der Waals surface area contributed by atoms with Gasteiger partial charge in [0.25, 0.3) is 0 Å². The van der Waals surface area contributed by atoms with Crippen molar-refractivity contribution in [3.63, 3.8) is 0 Å². The molecule has 90 valence electrons. The van der Waals surface area contributed by atoms with Gasteiger partial charge in [0, 0.05) is 13.0 Å². The average molecular weight is 226 g/mol. The Balaban J connectivity index is 2.42. The third-order valence-corrected chi connectivity index (χ3v) is 2.74. The summed E-state index contributed by atoms with van der Waals surface area (Å²) in [6.45, 7) is 1.51. The van der Waals surface area contributed by atoms with Crippen LogP contribution in [0.5, 0.6) is 0 Å². The molecule has 16 heavy (non-hydrogen) atoms. The molecule has 1 aliphatic rings. The number of carbonyl (C=O) groups is 2. The first-order chi connectivity index (χ1) is 7.49. The number of rotatable bonds is 3. The minimum atomic E-state index is -1.00. The van der Waals surface area contributed by atoms with Crippen molar-refractivity contribution in [3.8, 4) is 0 Å². The Morgan fingerprint density at radius 1 is 1.50 bits per heavy atom.